The van der Waals surface area contributed by atoms with Crippen molar-refractivity contribution in [3.63, 3.8) is 0 Å². The highest BCUT2D eigenvalue weighted by Gasteiger charge is 2.25. The Morgan fingerprint density at radius 2 is 2.07 bits per heavy atom. The topological polar surface area (TPSA) is 3.24 Å². The molecule has 1 nitrogen and oxygen atoms in total. The zero-order valence-electron chi connectivity index (χ0n) is 9.84. The Morgan fingerprint density at radius 1 is 1.36 bits per heavy atom. The summed E-state index contributed by atoms with van der Waals surface area (Å²) in [7, 11) is 0. The Kier molecular flexibility index (Phi) is 4.01. The van der Waals surface area contributed by atoms with Crippen molar-refractivity contribution >= 4 is 0 Å². The molecule has 80 valence electrons. The van der Waals surface area contributed by atoms with E-state index in [0.717, 1.165) is 12.6 Å². The summed E-state index contributed by atoms with van der Waals surface area (Å²) in [5, 5.41) is 0. The summed E-state index contributed by atoms with van der Waals surface area (Å²) < 4.78 is 0. The molecule has 0 aromatic heterocycles. The molecule has 1 fully saturated rings. The molecule has 1 rings (SSSR count). The van der Waals surface area contributed by atoms with Gasteiger partial charge in [0.05, 0.1) is 6.54 Å². The first-order valence-electron chi connectivity index (χ1n) is 5.70. The van der Waals surface area contributed by atoms with Crippen molar-refractivity contribution in [1.29, 1.82) is 0 Å². The molecule has 0 amide bonds. The van der Waals surface area contributed by atoms with E-state index >= 15 is 0 Å². The Morgan fingerprint density at radius 3 is 2.64 bits per heavy atom. The molecule has 0 N–H and O–H groups in total. The first-order valence-corrected chi connectivity index (χ1v) is 5.70. The van der Waals surface area contributed by atoms with Crippen LogP contribution in [0.5, 0.6) is 0 Å². The molecule has 14 heavy (non-hydrogen) atoms. The van der Waals surface area contributed by atoms with E-state index in [-0.39, 0.29) is 0 Å². The van der Waals surface area contributed by atoms with Crippen molar-refractivity contribution in [2.75, 3.05) is 13.1 Å². The van der Waals surface area contributed by atoms with Crippen LogP contribution in [0.15, 0.2) is 0 Å². The van der Waals surface area contributed by atoms with E-state index in [1.54, 1.807) is 0 Å². The van der Waals surface area contributed by atoms with Crippen molar-refractivity contribution in [1.82, 2.24) is 4.90 Å². The van der Waals surface area contributed by atoms with E-state index in [1.165, 1.54) is 32.2 Å². The second kappa shape index (κ2) is 4.84. The van der Waals surface area contributed by atoms with Gasteiger partial charge in [-0.3, -0.25) is 4.90 Å². The van der Waals surface area contributed by atoms with E-state index < -0.39 is 0 Å². The third kappa shape index (κ3) is 3.72. The average molecular weight is 193 g/mol. The molecule has 1 heterocycles. The van der Waals surface area contributed by atoms with Crippen molar-refractivity contribution in [2.24, 2.45) is 5.41 Å². The van der Waals surface area contributed by atoms with Crippen LogP contribution in [0.1, 0.15) is 46.5 Å². The Balaban J connectivity index is 2.50. The van der Waals surface area contributed by atoms with Gasteiger partial charge < -0.3 is 0 Å². The third-order valence-electron chi connectivity index (χ3n) is 2.89. The standard InChI is InChI=1S/C13H23N/c1-5-9-14-10-7-6-8-12(14)11-13(2,3)4/h1,12H,6-11H2,2-4H3/t12-/m0/s1. The Labute approximate surface area is 88.9 Å². The van der Waals surface area contributed by atoms with E-state index in [9.17, 15) is 0 Å². The molecule has 0 unspecified atom stereocenters. The largest absolute Gasteiger partial charge is 0.289 e. The molecular formula is C13H23N. The van der Waals surface area contributed by atoms with Gasteiger partial charge in [0.25, 0.3) is 0 Å². The van der Waals surface area contributed by atoms with Crippen LogP contribution in [0.3, 0.4) is 0 Å². The normalized spacial score (nSPS) is 24.6. The number of hydrogen-bond acceptors (Lipinski definition) is 1. The van der Waals surface area contributed by atoms with Crippen LogP contribution < -0.4 is 0 Å². The number of piperidine rings is 1. The summed E-state index contributed by atoms with van der Waals surface area (Å²) in [6.07, 6.45) is 10.7. The molecule has 1 atom stereocenters. The van der Waals surface area contributed by atoms with Crippen LogP contribution in [-0.4, -0.2) is 24.0 Å². The molecule has 1 aliphatic rings. The SMILES string of the molecule is C#CCN1CCCC[C@H]1CC(C)(C)C. The van der Waals surface area contributed by atoms with Gasteiger partial charge >= 0.3 is 0 Å². The van der Waals surface area contributed by atoms with E-state index in [2.05, 4.69) is 31.6 Å². The summed E-state index contributed by atoms with van der Waals surface area (Å²) in [6.45, 7) is 8.98. The highest BCUT2D eigenvalue weighted by molar-refractivity contribution is 4.92. The summed E-state index contributed by atoms with van der Waals surface area (Å²) in [6, 6.07) is 0.722. The number of nitrogens with zero attached hydrogens (tertiary/aromatic N) is 1. The first kappa shape index (κ1) is 11.6. The molecule has 0 spiro atoms. The summed E-state index contributed by atoms with van der Waals surface area (Å²) in [5.74, 6) is 2.78. The number of rotatable bonds is 2. The molecule has 0 saturated carbocycles. The van der Waals surface area contributed by atoms with E-state index in [0.29, 0.717) is 5.41 Å². The van der Waals surface area contributed by atoms with Gasteiger partial charge in [0.1, 0.15) is 0 Å². The molecule has 1 saturated heterocycles. The quantitative estimate of drug-likeness (QED) is 0.610. The highest BCUT2D eigenvalue weighted by atomic mass is 15.2. The number of hydrogen-bond donors (Lipinski definition) is 0. The lowest BCUT2D eigenvalue weighted by molar-refractivity contribution is 0.124. The van der Waals surface area contributed by atoms with Crippen molar-refractivity contribution in [2.45, 2.75) is 52.5 Å². The number of likely N-dealkylation sites (tertiary alicyclic amines) is 1. The average Bonchev–Trinajstić information content (AvgIpc) is 2.06. The predicted octanol–water partition coefficient (Wildman–Crippen LogP) is 2.91. The zero-order valence-corrected chi connectivity index (χ0v) is 9.84. The Hall–Kier alpha value is -0.480. The van der Waals surface area contributed by atoms with Gasteiger partial charge in [-0.15, -0.1) is 6.42 Å². The minimum Gasteiger partial charge on any atom is -0.289 e. The van der Waals surface area contributed by atoms with Gasteiger partial charge in [-0.2, -0.15) is 0 Å². The van der Waals surface area contributed by atoms with Crippen molar-refractivity contribution in [3.8, 4) is 12.3 Å². The molecule has 0 radical (unpaired) electrons. The van der Waals surface area contributed by atoms with Crippen LogP contribution in [0.4, 0.5) is 0 Å². The molecule has 0 bridgehead atoms. The lowest BCUT2D eigenvalue weighted by atomic mass is 9.84. The van der Waals surface area contributed by atoms with Crippen LogP contribution in [0.2, 0.25) is 0 Å². The number of terminal acetylenes is 1. The molecule has 0 aromatic rings. The van der Waals surface area contributed by atoms with Gasteiger partial charge in [0, 0.05) is 6.04 Å². The monoisotopic (exact) mass is 193 g/mol. The fourth-order valence-corrected chi connectivity index (χ4v) is 2.32. The second-order valence-electron chi connectivity index (χ2n) is 5.59. The summed E-state index contributed by atoms with van der Waals surface area (Å²) in [5.41, 5.74) is 0.425. The fourth-order valence-electron chi connectivity index (χ4n) is 2.32. The minimum absolute atomic E-state index is 0.425. The highest BCUT2D eigenvalue weighted by Crippen LogP contribution is 2.28. The van der Waals surface area contributed by atoms with Crippen LogP contribution in [0, 0.1) is 17.8 Å². The molecule has 1 heteroatoms. The van der Waals surface area contributed by atoms with E-state index in [4.69, 9.17) is 6.42 Å². The fraction of sp³-hybridized carbons (Fsp3) is 0.846. The van der Waals surface area contributed by atoms with Gasteiger partial charge in [-0.25, -0.2) is 0 Å². The maximum Gasteiger partial charge on any atom is 0.0601 e. The summed E-state index contributed by atoms with van der Waals surface area (Å²) >= 11 is 0. The molecule has 1 aliphatic heterocycles. The van der Waals surface area contributed by atoms with Crippen LogP contribution in [-0.2, 0) is 0 Å². The lowest BCUT2D eigenvalue weighted by Crippen LogP contribution is -2.41. The first-order chi connectivity index (χ1) is 6.53. The Bertz CT molecular complexity index is 206. The lowest BCUT2D eigenvalue weighted by Gasteiger charge is -2.38. The van der Waals surface area contributed by atoms with Crippen LogP contribution >= 0.6 is 0 Å². The predicted molar refractivity (Wildman–Crippen MR) is 62.1 cm³/mol. The van der Waals surface area contributed by atoms with Gasteiger partial charge in [0.15, 0.2) is 0 Å². The summed E-state index contributed by atoms with van der Waals surface area (Å²) in [4.78, 5) is 2.48. The molecular weight excluding hydrogens is 170 g/mol. The van der Waals surface area contributed by atoms with Gasteiger partial charge in [-0.1, -0.05) is 33.1 Å². The maximum atomic E-state index is 5.39. The van der Waals surface area contributed by atoms with Crippen molar-refractivity contribution < 1.29 is 0 Å². The minimum atomic E-state index is 0.425. The molecule has 0 aromatic carbocycles. The van der Waals surface area contributed by atoms with Crippen molar-refractivity contribution in [3.05, 3.63) is 0 Å². The maximum absolute atomic E-state index is 5.39. The smallest absolute Gasteiger partial charge is 0.0601 e. The van der Waals surface area contributed by atoms with Crippen LogP contribution in [0.25, 0.3) is 0 Å². The van der Waals surface area contributed by atoms with E-state index in [1.807, 2.05) is 0 Å². The zero-order chi connectivity index (χ0) is 10.6. The molecule has 0 aliphatic carbocycles. The van der Waals surface area contributed by atoms with Gasteiger partial charge in [0.2, 0.25) is 0 Å². The third-order valence-corrected chi connectivity index (χ3v) is 2.89. The van der Waals surface area contributed by atoms with Gasteiger partial charge in [-0.05, 0) is 31.2 Å². The second-order valence-corrected chi connectivity index (χ2v) is 5.59.